The molecular weight excluding hydrogens is 396 g/mol. The Hall–Kier alpha value is -3.04. The van der Waals surface area contributed by atoms with Crippen LogP contribution in [0.25, 0.3) is 21.1 Å². The van der Waals surface area contributed by atoms with Crippen LogP contribution < -0.4 is 20.5 Å². The highest BCUT2D eigenvalue weighted by Gasteiger charge is 2.16. The molecule has 1 amide bonds. The highest BCUT2D eigenvalue weighted by atomic mass is 32.2. The van der Waals surface area contributed by atoms with Gasteiger partial charge in [-0.05, 0) is 24.3 Å². The number of thioether (sulfide) groups is 1. The fourth-order valence-electron chi connectivity index (χ4n) is 2.89. The van der Waals surface area contributed by atoms with Crippen LogP contribution in [0.5, 0.6) is 11.5 Å². The number of carbonyl (C=O) groups is 1. The molecule has 0 fully saturated rings. The number of fused-ring (bicyclic) bond motifs is 3. The van der Waals surface area contributed by atoms with Gasteiger partial charge in [0.2, 0.25) is 12.7 Å². The van der Waals surface area contributed by atoms with Crippen LogP contribution in [0, 0.1) is 0 Å². The first-order valence-electron chi connectivity index (χ1n) is 8.44. The Bertz CT molecular complexity index is 1190. The van der Waals surface area contributed by atoms with Gasteiger partial charge in [0.15, 0.2) is 16.6 Å². The van der Waals surface area contributed by atoms with E-state index in [1.807, 2.05) is 42.5 Å². The summed E-state index contributed by atoms with van der Waals surface area (Å²) in [6.07, 6.45) is 0. The minimum absolute atomic E-state index is 0.156. The Morgan fingerprint density at radius 2 is 1.96 bits per heavy atom. The quantitative estimate of drug-likeness (QED) is 0.493. The van der Waals surface area contributed by atoms with Gasteiger partial charge in [-0.15, -0.1) is 0 Å². The van der Waals surface area contributed by atoms with Gasteiger partial charge in [-0.2, -0.15) is 0 Å². The summed E-state index contributed by atoms with van der Waals surface area (Å²) in [5, 5.41) is 4.89. The van der Waals surface area contributed by atoms with Gasteiger partial charge < -0.3 is 20.5 Å². The number of para-hydroxylation sites is 1. The van der Waals surface area contributed by atoms with Crippen LogP contribution in [0.1, 0.15) is 0 Å². The lowest BCUT2D eigenvalue weighted by atomic mass is 10.2. The van der Waals surface area contributed by atoms with Crippen molar-refractivity contribution in [2.24, 2.45) is 0 Å². The number of anilines is 2. The summed E-state index contributed by atoms with van der Waals surface area (Å²) in [6, 6.07) is 13.3. The van der Waals surface area contributed by atoms with Gasteiger partial charge in [0, 0.05) is 11.5 Å². The molecule has 2 aromatic carbocycles. The minimum Gasteiger partial charge on any atom is -0.454 e. The summed E-state index contributed by atoms with van der Waals surface area (Å²) in [5.74, 6) is 1.37. The number of thiazole rings is 1. The molecule has 0 spiro atoms. The predicted octanol–water partition coefficient (Wildman–Crippen LogP) is 3.89. The number of aromatic nitrogens is 2. The summed E-state index contributed by atoms with van der Waals surface area (Å²) in [4.78, 5) is 21.3. The summed E-state index contributed by atoms with van der Waals surface area (Å²) in [7, 11) is 0. The number of nitrogens with zero attached hydrogens (tertiary/aromatic N) is 2. The summed E-state index contributed by atoms with van der Waals surface area (Å²) < 4.78 is 11.8. The van der Waals surface area contributed by atoms with Gasteiger partial charge in [0.1, 0.15) is 5.03 Å². The summed E-state index contributed by atoms with van der Waals surface area (Å²) in [5.41, 5.74) is 8.26. The molecule has 2 aromatic heterocycles. The molecule has 9 heteroatoms. The molecule has 0 unspecified atom stereocenters. The van der Waals surface area contributed by atoms with Crippen molar-refractivity contribution >= 4 is 60.9 Å². The molecule has 140 valence electrons. The van der Waals surface area contributed by atoms with Crippen LogP contribution in [0.15, 0.2) is 47.5 Å². The van der Waals surface area contributed by atoms with Crippen molar-refractivity contribution in [3.8, 4) is 11.5 Å². The van der Waals surface area contributed by atoms with Gasteiger partial charge in [-0.3, -0.25) is 4.79 Å². The van der Waals surface area contributed by atoms with Crippen LogP contribution >= 0.6 is 23.1 Å². The zero-order valence-electron chi connectivity index (χ0n) is 14.5. The highest BCUT2D eigenvalue weighted by Crippen LogP contribution is 2.37. The lowest BCUT2D eigenvalue weighted by Gasteiger charge is -2.07. The van der Waals surface area contributed by atoms with Gasteiger partial charge in [-0.1, -0.05) is 35.2 Å². The molecule has 7 nitrogen and oxygen atoms in total. The van der Waals surface area contributed by atoms with E-state index < -0.39 is 0 Å². The van der Waals surface area contributed by atoms with Crippen molar-refractivity contribution in [3.05, 3.63) is 42.5 Å². The molecule has 4 aromatic rings. The molecule has 1 aliphatic heterocycles. The number of carbonyl (C=O) groups excluding carboxylic acids is 1. The second kappa shape index (κ2) is 6.84. The molecule has 3 heterocycles. The molecule has 0 bridgehead atoms. The maximum atomic E-state index is 12.3. The van der Waals surface area contributed by atoms with E-state index in [0.717, 1.165) is 21.1 Å². The average molecular weight is 410 g/mol. The van der Waals surface area contributed by atoms with E-state index in [1.54, 1.807) is 0 Å². The van der Waals surface area contributed by atoms with E-state index in [1.165, 1.54) is 23.1 Å². The molecule has 1 aliphatic rings. The minimum atomic E-state index is -0.156. The van der Waals surface area contributed by atoms with Crippen molar-refractivity contribution in [3.63, 3.8) is 0 Å². The molecule has 5 rings (SSSR count). The number of amides is 1. The number of rotatable bonds is 4. The van der Waals surface area contributed by atoms with Crippen LogP contribution in [0.3, 0.4) is 0 Å². The summed E-state index contributed by atoms with van der Waals surface area (Å²) >= 11 is 2.73. The maximum Gasteiger partial charge on any atom is 0.236 e. The van der Waals surface area contributed by atoms with Crippen LogP contribution in [-0.4, -0.2) is 28.4 Å². The standard InChI is InChI=1S/C19H14N4O3S2/c20-11-5-10-6-14-15(26-9-25-14)7-13(10)21-18(11)27-8-17(24)23-19-22-12-3-1-2-4-16(12)28-19/h1-7H,8-9,20H2,(H,22,23,24). The van der Waals surface area contributed by atoms with Gasteiger partial charge in [-0.25, -0.2) is 9.97 Å². The van der Waals surface area contributed by atoms with Gasteiger partial charge >= 0.3 is 0 Å². The lowest BCUT2D eigenvalue weighted by Crippen LogP contribution is -2.14. The van der Waals surface area contributed by atoms with E-state index in [9.17, 15) is 4.79 Å². The number of nitrogens with one attached hydrogen (secondary N) is 1. The zero-order valence-corrected chi connectivity index (χ0v) is 16.1. The monoisotopic (exact) mass is 410 g/mol. The second-order valence-corrected chi connectivity index (χ2v) is 8.10. The first-order chi connectivity index (χ1) is 13.7. The van der Waals surface area contributed by atoms with E-state index >= 15 is 0 Å². The Balaban J connectivity index is 1.31. The predicted molar refractivity (Wildman–Crippen MR) is 111 cm³/mol. The van der Waals surface area contributed by atoms with E-state index in [-0.39, 0.29) is 18.5 Å². The molecule has 0 radical (unpaired) electrons. The fourth-order valence-corrected chi connectivity index (χ4v) is 4.50. The average Bonchev–Trinajstić information content (AvgIpc) is 3.30. The zero-order chi connectivity index (χ0) is 19.1. The van der Waals surface area contributed by atoms with E-state index in [2.05, 4.69) is 15.3 Å². The largest absolute Gasteiger partial charge is 0.454 e. The Morgan fingerprint density at radius 1 is 1.14 bits per heavy atom. The van der Waals surface area contributed by atoms with Crippen molar-refractivity contribution in [2.45, 2.75) is 5.03 Å². The number of hydrogen-bond acceptors (Lipinski definition) is 8. The maximum absolute atomic E-state index is 12.3. The van der Waals surface area contributed by atoms with E-state index in [0.29, 0.717) is 27.3 Å². The molecule has 0 atom stereocenters. The molecule has 28 heavy (non-hydrogen) atoms. The fraction of sp³-hybridized carbons (Fsp3) is 0.105. The van der Waals surface area contributed by atoms with E-state index in [4.69, 9.17) is 15.2 Å². The Kier molecular flexibility index (Phi) is 4.18. The van der Waals surface area contributed by atoms with Gasteiger partial charge in [0.05, 0.1) is 27.2 Å². The number of nitrogen functional groups attached to an aromatic ring is 1. The Labute approximate surface area is 167 Å². The molecule has 3 N–H and O–H groups in total. The molecule has 0 saturated carbocycles. The molecular formula is C19H14N4O3S2. The van der Waals surface area contributed by atoms with Gasteiger partial charge in [0.25, 0.3) is 0 Å². The third-order valence-electron chi connectivity index (χ3n) is 4.18. The SMILES string of the molecule is Nc1cc2cc3c(cc2nc1SCC(=O)Nc1nc2ccccc2s1)OCO3. The van der Waals surface area contributed by atoms with Crippen LogP contribution in [0.2, 0.25) is 0 Å². The van der Waals surface area contributed by atoms with Crippen LogP contribution in [-0.2, 0) is 4.79 Å². The third-order valence-corrected chi connectivity index (χ3v) is 6.14. The second-order valence-electron chi connectivity index (χ2n) is 6.10. The third kappa shape index (κ3) is 3.19. The van der Waals surface area contributed by atoms with Crippen molar-refractivity contribution in [2.75, 3.05) is 23.6 Å². The topological polar surface area (TPSA) is 99.4 Å². The number of hydrogen-bond donors (Lipinski definition) is 2. The van der Waals surface area contributed by atoms with Crippen molar-refractivity contribution < 1.29 is 14.3 Å². The number of pyridine rings is 1. The number of nitrogens with two attached hydrogens (primary N) is 1. The number of benzene rings is 2. The normalized spacial score (nSPS) is 12.6. The smallest absolute Gasteiger partial charge is 0.236 e. The Morgan fingerprint density at radius 3 is 2.82 bits per heavy atom. The lowest BCUT2D eigenvalue weighted by molar-refractivity contribution is -0.113. The molecule has 0 aliphatic carbocycles. The first kappa shape index (κ1) is 17.1. The highest BCUT2D eigenvalue weighted by molar-refractivity contribution is 8.00. The number of ether oxygens (including phenoxy) is 2. The van der Waals surface area contributed by atoms with Crippen LogP contribution in [0.4, 0.5) is 10.8 Å². The van der Waals surface area contributed by atoms with Crippen molar-refractivity contribution in [1.29, 1.82) is 0 Å². The first-order valence-corrected chi connectivity index (χ1v) is 10.2. The summed E-state index contributed by atoms with van der Waals surface area (Å²) in [6.45, 7) is 0.203. The van der Waals surface area contributed by atoms with Crippen molar-refractivity contribution in [1.82, 2.24) is 9.97 Å². The molecule has 0 saturated heterocycles.